The van der Waals surface area contributed by atoms with Crippen LogP contribution in [0.2, 0.25) is 0 Å². The molecule has 1 aliphatic heterocycles. The van der Waals surface area contributed by atoms with Crippen LogP contribution >= 0.6 is 11.3 Å². The van der Waals surface area contributed by atoms with E-state index < -0.39 is 0 Å². The third kappa shape index (κ3) is 2.87. The van der Waals surface area contributed by atoms with Gasteiger partial charge in [0.25, 0.3) is 0 Å². The van der Waals surface area contributed by atoms with Gasteiger partial charge in [0, 0.05) is 6.54 Å². The van der Waals surface area contributed by atoms with Crippen LogP contribution in [0.4, 0.5) is 0 Å². The number of rotatable bonds is 3. The molecular formula is C11H15NO2S. The summed E-state index contributed by atoms with van der Waals surface area (Å²) in [6.07, 6.45) is 1.60. The highest BCUT2D eigenvalue weighted by Crippen LogP contribution is 2.13. The number of hydrogen-bond acceptors (Lipinski definition) is 4. The summed E-state index contributed by atoms with van der Waals surface area (Å²) in [6.45, 7) is 2.00. The lowest BCUT2D eigenvalue weighted by molar-refractivity contribution is 0.0636. The second-order valence-electron chi connectivity index (χ2n) is 3.93. The van der Waals surface area contributed by atoms with Crippen molar-refractivity contribution in [2.24, 2.45) is 0 Å². The molecule has 2 rings (SSSR count). The van der Waals surface area contributed by atoms with Crippen LogP contribution in [0.25, 0.3) is 0 Å². The highest BCUT2D eigenvalue weighted by Gasteiger charge is 2.20. The molecule has 1 fully saturated rings. The molecule has 1 atom stereocenters. The molecule has 0 aliphatic carbocycles. The van der Waals surface area contributed by atoms with Gasteiger partial charge >= 0.3 is 0 Å². The van der Waals surface area contributed by atoms with Crippen molar-refractivity contribution in [3.05, 3.63) is 22.4 Å². The second-order valence-corrected chi connectivity index (χ2v) is 4.88. The van der Waals surface area contributed by atoms with Crippen LogP contribution in [0.15, 0.2) is 17.5 Å². The molecule has 0 unspecified atom stereocenters. The number of likely N-dealkylation sites (tertiary alicyclic amines) is 1. The summed E-state index contributed by atoms with van der Waals surface area (Å²) in [5.74, 6) is 0.166. The molecule has 0 spiro atoms. The molecule has 0 bridgehead atoms. The van der Waals surface area contributed by atoms with Gasteiger partial charge in [-0.05, 0) is 30.8 Å². The van der Waals surface area contributed by atoms with Crippen LogP contribution in [0.3, 0.4) is 0 Å². The number of Topliss-reactive ketones (excluding diaryl/α,β-unsaturated/α-hetero) is 1. The molecule has 0 radical (unpaired) electrons. The maximum Gasteiger partial charge on any atom is 0.186 e. The minimum absolute atomic E-state index is 0.166. The quantitative estimate of drug-likeness (QED) is 0.790. The van der Waals surface area contributed by atoms with E-state index in [1.54, 1.807) is 0 Å². The molecular weight excluding hydrogens is 210 g/mol. The van der Waals surface area contributed by atoms with Gasteiger partial charge in [-0.2, -0.15) is 0 Å². The van der Waals surface area contributed by atoms with E-state index in [9.17, 15) is 9.90 Å². The predicted molar refractivity (Wildman–Crippen MR) is 60.3 cm³/mol. The first-order valence-corrected chi connectivity index (χ1v) is 6.11. The standard InChI is InChI=1S/C11H15NO2S/c13-9-3-1-5-12(7-9)8-10(14)11-4-2-6-15-11/h2,4,6,9,13H,1,3,5,7-8H2/t9-/m1/s1. The summed E-state index contributed by atoms with van der Waals surface area (Å²) >= 11 is 1.48. The maximum absolute atomic E-state index is 11.8. The van der Waals surface area contributed by atoms with Crippen LogP contribution in [-0.4, -0.2) is 41.5 Å². The zero-order valence-electron chi connectivity index (χ0n) is 8.56. The number of carbonyl (C=O) groups excluding carboxylic acids is 1. The van der Waals surface area contributed by atoms with Crippen LogP contribution in [0.5, 0.6) is 0 Å². The first-order chi connectivity index (χ1) is 7.25. The van der Waals surface area contributed by atoms with E-state index >= 15 is 0 Å². The lowest BCUT2D eigenvalue weighted by Crippen LogP contribution is -2.40. The van der Waals surface area contributed by atoms with Crippen molar-refractivity contribution in [1.82, 2.24) is 4.90 Å². The topological polar surface area (TPSA) is 40.5 Å². The minimum atomic E-state index is -0.255. The fraction of sp³-hybridized carbons (Fsp3) is 0.545. The average molecular weight is 225 g/mol. The number of hydrogen-bond donors (Lipinski definition) is 1. The number of thiophene rings is 1. The number of β-amino-alcohol motifs (C(OH)–C–C–N with tert-alkyl or cyclic N) is 1. The fourth-order valence-corrected chi connectivity index (χ4v) is 2.55. The molecule has 0 saturated carbocycles. The number of piperidine rings is 1. The molecule has 1 N–H and O–H groups in total. The van der Waals surface area contributed by atoms with Crippen molar-refractivity contribution >= 4 is 17.1 Å². The molecule has 0 aromatic carbocycles. The number of aliphatic hydroxyl groups excluding tert-OH is 1. The highest BCUT2D eigenvalue weighted by atomic mass is 32.1. The Morgan fingerprint density at radius 2 is 2.53 bits per heavy atom. The zero-order chi connectivity index (χ0) is 10.7. The average Bonchev–Trinajstić information content (AvgIpc) is 2.70. The summed E-state index contributed by atoms with van der Waals surface area (Å²) in [7, 11) is 0. The van der Waals surface area contributed by atoms with Gasteiger partial charge < -0.3 is 5.11 Å². The summed E-state index contributed by atoms with van der Waals surface area (Å²) in [5, 5.41) is 11.4. The maximum atomic E-state index is 11.8. The van der Waals surface area contributed by atoms with Gasteiger partial charge in [-0.15, -0.1) is 11.3 Å². The fourth-order valence-electron chi connectivity index (χ4n) is 1.89. The SMILES string of the molecule is O=C(CN1CCC[C@@H](O)C1)c1cccs1. The van der Waals surface area contributed by atoms with E-state index in [2.05, 4.69) is 0 Å². The van der Waals surface area contributed by atoms with E-state index in [0.29, 0.717) is 13.1 Å². The normalized spacial score (nSPS) is 22.9. The summed E-state index contributed by atoms with van der Waals surface area (Å²) in [5.41, 5.74) is 0. The van der Waals surface area contributed by atoms with Gasteiger partial charge in [0.05, 0.1) is 17.5 Å². The smallest absolute Gasteiger partial charge is 0.186 e. The summed E-state index contributed by atoms with van der Waals surface area (Å²) < 4.78 is 0. The van der Waals surface area contributed by atoms with Gasteiger partial charge in [0.15, 0.2) is 5.78 Å². The van der Waals surface area contributed by atoms with Crippen LogP contribution in [0.1, 0.15) is 22.5 Å². The molecule has 3 nitrogen and oxygen atoms in total. The Balaban J connectivity index is 1.89. The van der Waals surface area contributed by atoms with Crippen LogP contribution in [-0.2, 0) is 0 Å². The summed E-state index contributed by atoms with van der Waals surface area (Å²) in [6, 6.07) is 3.75. The first-order valence-electron chi connectivity index (χ1n) is 5.23. The van der Waals surface area contributed by atoms with Gasteiger partial charge in [0.1, 0.15) is 0 Å². The van der Waals surface area contributed by atoms with Gasteiger partial charge in [-0.3, -0.25) is 9.69 Å². The number of ketones is 1. The van der Waals surface area contributed by atoms with Crippen molar-refractivity contribution in [2.45, 2.75) is 18.9 Å². The number of aliphatic hydroxyl groups is 1. The Hall–Kier alpha value is -0.710. The van der Waals surface area contributed by atoms with E-state index in [0.717, 1.165) is 24.3 Å². The number of nitrogens with zero attached hydrogens (tertiary/aromatic N) is 1. The molecule has 1 aromatic rings. The third-order valence-electron chi connectivity index (χ3n) is 2.64. The molecule has 2 heterocycles. The lowest BCUT2D eigenvalue weighted by Gasteiger charge is -2.29. The highest BCUT2D eigenvalue weighted by molar-refractivity contribution is 7.12. The monoisotopic (exact) mass is 225 g/mol. The molecule has 15 heavy (non-hydrogen) atoms. The molecule has 0 amide bonds. The van der Waals surface area contributed by atoms with E-state index in [-0.39, 0.29) is 11.9 Å². The third-order valence-corrected chi connectivity index (χ3v) is 3.55. The molecule has 1 aromatic heterocycles. The van der Waals surface area contributed by atoms with Gasteiger partial charge in [-0.1, -0.05) is 6.07 Å². The Morgan fingerprint density at radius 3 is 3.20 bits per heavy atom. The van der Waals surface area contributed by atoms with Crippen molar-refractivity contribution in [1.29, 1.82) is 0 Å². The Kier molecular flexibility index (Phi) is 3.51. The van der Waals surface area contributed by atoms with E-state index in [4.69, 9.17) is 0 Å². The predicted octanol–water partition coefficient (Wildman–Crippen LogP) is 1.39. The van der Waals surface area contributed by atoms with Gasteiger partial charge in [0.2, 0.25) is 0 Å². The molecule has 1 aliphatic rings. The van der Waals surface area contributed by atoms with Crippen LogP contribution in [0, 0.1) is 0 Å². The van der Waals surface area contributed by atoms with E-state index in [1.165, 1.54) is 11.3 Å². The second kappa shape index (κ2) is 4.88. The van der Waals surface area contributed by atoms with Crippen molar-refractivity contribution in [2.75, 3.05) is 19.6 Å². The first kappa shape index (κ1) is 10.8. The Bertz CT molecular complexity index is 323. The van der Waals surface area contributed by atoms with Crippen molar-refractivity contribution < 1.29 is 9.90 Å². The Labute approximate surface area is 93.3 Å². The lowest BCUT2D eigenvalue weighted by atomic mass is 10.1. The van der Waals surface area contributed by atoms with Crippen molar-refractivity contribution in [3.63, 3.8) is 0 Å². The van der Waals surface area contributed by atoms with Crippen molar-refractivity contribution in [3.8, 4) is 0 Å². The molecule has 4 heteroatoms. The van der Waals surface area contributed by atoms with E-state index in [1.807, 2.05) is 22.4 Å². The van der Waals surface area contributed by atoms with Crippen LogP contribution < -0.4 is 0 Å². The van der Waals surface area contributed by atoms with Gasteiger partial charge in [-0.25, -0.2) is 0 Å². The summed E-state index contributed by atoms with van der Waals surface area (Å²) in [4.78, 5) is 14.6. The molecule has 1 saturated heterocycles. The minimum Gasteiger partial charge on any atom is -0.392 e. The zero-order valence-corrected chi connectivity index (χ0v) is 9.37. The Morgan fingerprint density at radius 1 is 1.67 bits per heavy atom. The largest absolute Gasteiger partial charge is 0.392 e. The molecule has 82 valence electrons. The number of carbonyl (C=O) groups is 1.